The number of ketones is 1. The molecule has 0 saturated heterocycles. The summed E-state index contributed by atoms with van der Waals surface area (Å²) in [5.41, 5.74) is 1.67. The smallest absolute Gasteiger partial charge is 0.194 e. The van der Waals surface area contributed by atoms with E-state index in [-0.39, 0.29) is 11.6 Å². The number of carbonyl (C=O) groups excluding carboxylic acids is 1. The molecule has 0 aliphatic heterocycles. The zero-order chi connectivity index (χ0) is 10.8. The number of carbonyl (C=O) groups is 1. The molecule has 0 saturated carbocycles. The maximum Gasteiger partial charge on any atom is 0.194 e. The fraction of sp³-hybridized carbons (Fsp3) is 0.0833. The largest absolute Gasteiger partial charge is 0.367 e. The van der Waals surface area contributed by atoms with Crippen LogP contribution in [0.4, 0.5) is 4.39 Å². The van der Waals surface area contributed by atoms with Gasteiger partial charge in [-0.15, -0.1) is 0 Å². The lowest BCUT2D eigenvalue weighted by Crippen LogP contribution is -2.00. The van der Waals surface area contributed by atoms with Gasteiger partial charge in [-0.2, -0.15) is 0 Å². The highest BCUT2D eigenvalue weighted by Gasteiger charge is 2.10. The van der Waals surface area contributed by atoms with Crippen molar-refractivity contribution in [2.45, 2.75) is 6.92 Å². The van der Waals surface area contributed by atoms with Crippen LogP contribution in [0.5, 0.6) is 0 Å². The third kappa shape index (κ3) is 1.96. The number of nitrogens with one attached hydrogen (secondary N) is 1. The summed E-state index contributed by atoms with van der Waals surface area (Å²) in [7, 11) is 0. The summed E-state index contributed by atoms with van der Waals surface area (Å²) in [6.07, 6.45) is 3.27. The molecule has 0 spiro atoms. The highest BCUT2D eigenvalue weighted by Crippen LogP contribution is 2.13. The summed E-state index contributed by atoms with van der Waals surface area (Å²) in [4.78, 5) is 14.6. The zero-order valence-electron chi connectivity index (χ0n) is 8.25. The molecular weight excluding hydrogens is 193 g/mol. The van der Waals surface area contributed by atoms with Gasteiger partial charge in [-0.25, -0.2) is 4.39 Å². The number of aromatic amines is 1. The Kier molecular flexibility index (Phi) is 2.37. The van der Waals surface area contributed by atoms with E-state index in [1.807, 2.05) is 0 Å². The van der Waals surface area contributed by atoms with Gasteiger partial charge in [-0.3, -0.25) is 4.79 Å². The van der Waals surface area contributed by atoms with Gasteiger partial charge in [0.25, 0.3) is 0 Å². The molecule has 15 heavy (non-hydrogen) atoms. The third-order valence-corrected chi connectivity index (χ3v) is 2.16. The van der Waals surface area contributed by atoms with E-state index in [9.17, 15) is 9.18 Å². The van der Waals surface area contributed by atoms with E-state index in [4.69, 9.17) is 0 Å². The maximum atomic E-state index is 13.1. The van der Waals surface area contributed by atoms with Gasteiger partial charge in [-0.05, 0) is 36.8 Å². The quantitative estimate of drug-likeness (QED) is 0.748. The van der Waals surface area contributed by atoms with Crippen molar-refractivity contribution in [2.75, 3.05) is 0 Å². The predicted molar refractivity (Wildman–Crippen MR) is 55.4 cm³/mol. The Labute approximate surface area is 86.8 Å². The van der Waals surface area contributed by atoms with Crippen LogP contribution in [-0.4, -0.2) is 10.8 Å². The number of benzene rings is 1. The van der Waals surface area contributed by atoms with Crippen molar-refractivity contribution in [1.29, 1.82) is 0 Å². The van der Waals surface area contributed by atoms with E-state index >= 15 is 0 Å². The summed E-state index contributed by atoms with van der Waals surface area (Å²) < 4.78 is 13.1. The van der Waals surface area contributed by atoms with Crippen LogP contribution in [0.2, 0.25) is 0 Å². The average molecular weight is 203 g/mol. The van der Waals surface area contributed by atoms with Gasteiger partial charge in [0, 0.05) is 23.5 Å². The molecule has 1 heterocycles. The first kappa shape index (κ1) is 9.65. The molecule has 0 unspecified atom stereocenters. The molecule has 0 radical (unpaired) electrons. The van der Waals surface area contributed by atoms with Crippen LogP contribution in [0.1, 0.15) is 21.5 Å². The van der Waals surface area contributed by atoms with Gasteiger partial charge in [0.05, 0.1) is 0 Å². The lowest BCUT2D eigenvalue weighted by molar-refractivity contribution is 0.103. The number of halogens is 1. The van der Waals surface area contributed by atoms with Gasteiger partial charge in [0.1, 0.15) is 5.82 Å². The third-order valence-electron chi connectivity index (χ3n) is 2.16. The average Bonchev–Trinajstić information content (AvgIpc) is 2.67. The van der Waals surface area contributed by atoms with E-state index in [1.54, 1.807) is 31.5 Å². The van der Waals surface area contributed by atoms with Gasteiger partial charge in [0.15, 0.2) is 5.78 Å². The number of H-pyrrole nitrogens is 1. The van der Waals surface area contributed by atoms with Crippen molar-refractivity contribution in [3.63, 3.8) is 0 Å². The van der Waals surface area contributed by atoms with E-state index in [0.717, 1.165) is 5.56 Å². The standard InChI is InChI=1S/C12H10FNO/c1-8-4-10(6-11(13)5-8)12(15)9-2-3-14-7-9/h2-7,14H,1H3. The van der Waals surface area contributed by atoms with Gasteiger partial charge >= 0.3 is 0 Å². The molecule has 0 fully saturated rings. The van der Waals surface area contributed by atoms with Crippen molar-refractivity contribution >= 4 is 5.78 Å². The Morgan fingerprint density at radius 2 is 2.07 bits per heavy atom. The zero-order valence-corrected chi connectivity index (χ0v) is 8.25. The fourth-order valence-electron chi connectivity index (χ4n) is 1.50. The first-order chi connectivity index (χ1) is 7.16. The van der Waals surface area contributed by atoms with E-state index in [1.165, 1.54) is 12.1 Å². The highest BCUT2D eigenvalue weighted by atomic mass is 19.1. The van der Waals surface area contributed by atoms with Crippen molar-refractivity contribution < 1.29 is 9.18 Å². The summed E-state index contributed by atoms with van der Waals surface area (Å²) in [5.74, 6) is -0.548. The number of aryl methyl sites for hydroxylation is 1. The molecule has 0 amide bonds. The highest BCUT2D eigenvalue weighted by molar-refractivity contribution is 6.08. The van der Waals surface area contributed by atoms with Crippen molar-refractivity contribution in [2.24, 2.45) is 0 Å². The normalized spacial score (nSPS) is 10.3. The molecule has 2 rings (SSSR count). The molecule has 1 N–H and O–H groups in total. The second-order valence-electron chi connectivity index (χ2n) is 3.45. The Morgan fingerprint density at radius 1 is 1.27 bits per heavy atom. The minimum Gasteiger partial charge on any atom is -0.367 e. The molecule has 76 valence electrons. The Balaban J connectivity index is 2.42. The number of aromatic nitrogens is 1. The molecule has 2 nitrogen and oxygen atoms in total. The fourth-order valence-corrected chi connectivity index (χ4v) is 1.50. The molecule has 0 bridgehead atoms. The molecule has 0 aliphatic carbocycles. The predicted octanol–water partition coefficient (Wildman–Crippen LogP) is 2.69. The molecule has 3 heteroatoms. The Bertz CT molecular complexity index is 468. The van der Waals surface area contributed by atoms with Crippen LogP contribution in [0.15, 0.2) is 36.7 Å². The second-order valence-corrected chi connectivity index (χ2v) is 3.45. The summed E-state index contributed by atoms with van der Waals surface area (Å²) in [6.45, 7) is 1.76. The van der Waals surface area contributed by atoms with Crippen molar-refractivity contribution in [3.8, 4) is 0 Å². The Hall–Kier alpha value is -1.90. The molecule has 0 aliphatic rings. The monoisotopic (exact) mass is 203 g/mol. The van der Waals surface area contributed by atoms with Crippen LogP contribution < -0.4 is 0 Å². The minimum absolute atomic E-state index is 0.168. The van der Waals surface area contributed by atoms with Crippen LogP contribution >= 0.6 is 0 Å². The van der Waals surface area contributed by atoms with Crippen molar-refractivity contribution in [3.05, 3.63) is 59.2 Å². The molecule has 1 aromatic heterocycles. The number of hydrogen-bond acceptors (Lipinski definition) is 1. The minimum atomic E-state index is -0.381. The van der Waals surface area contributed by atoms with Crippen LogP contribution in [0, 0.1) is 12.7 Å². The number of rotatable bonds is 2. The van der Waals surface area contributed by atoms with E-state index in [2.05, 4.69) is 4.98 Å². The van der Waals surface area contributed by atoms with Gasteiger partial charge < -0.3 is 4.98 Å². The van der Waals surface area contributed by atoms with Crippen molar-refractivity contribution in [1.82, 2.24) is 4.98 Å². The first-order valence-electron chi connectivity index (χ1n) is 4.61. The first-order valence-corrected chi connectivity index (χ1v) is 4.61. The molecular formula is C12H10FNO. The Morgan fingerprint density at radius 3 is 2.67 bits per heavy atom. The van der Waals surface area contributed by atoms with Gasteiger partial charge in [0.2, 0.25) is 0 Å². The summed E-state index contributed by atoms with van der Waals surface area (Å²) in [5, 5.41) is 0. The lowest BCUT2D eigenvalue weighted by Gasteiger charge is -2.00. The molecule has 1 aromatic carbocycles. The molecule has 0 atom stereocenters. The van der Waals surface area contributed by atoms with E-state index < -0.39 is 0 Å². The summed E-state index contributed by atoms with van der Waals surface area (Å²) >= 11 is 0. The topological polar surface area (TPSA) is 32.9 Å². The van der Waals surface area contributed by atoms with Gasteiger partial charge in [-0.1, -0.05) is 0 Å². The second kappa shape index (κ2) is 3.69. The van der Waals surface area contributed by atoms with Crippen LogP contribution in [0.25, 0.3) is 0 Å². The molecule has 2 aromatic rings. The SMILES string of the molecule is Cc1cc(F)cc(C(=O)c2cc[nH]c2)c1. The van der Waals surface area contributed by atoms with Crippen LogP contribution in [-0.2, 0) is 0 Å². The summed E-state index contributed by atoms with van der Waals surface area (Å²) in [6, 6.07) is 6.00. The van der Waals surface area contributed by atoms with E-state index in [0.29, 0.717) is 11.1 Å². The maximum absolute atomic E-state index is 13.1. The lowest BCUT2D eigenvalue weighted by atomic mass is 10.0. The number of hydrogen-bond donors (Lipinski definition) is 1. The van der Waals surface area contributed by atoms with Crippen LogP contribution in [0.3, 0.4) is 0 Å².